The zero-order chi connectivity index (χ0) is 11.6. The standard InChI is InChI=1S/C9H6ClF5/c10-7(4-9(13,14)15)6-3-5(11)1-2-8(6)12/h1-3,7H,4H2. The Hall–Kier alpha value is -0.840. The summed E-state index contributed by atoms with van der Waals surface area (Å²) < 4.78 is 61.4. The molecule has 0 aliphatic carbocycles. The summed E-state index contributed by atoms with van der Waals surface area (Å²) in [5.41, 5.74) is -0.478. The van der Waals surface area contributed by atoms with Gasteiger partial charge in [-0.2, -0.15) is 13.2 Å². The highest BCUT2D eigenvalue weighted by atomic mass is 35.5. The fourth-order valence-corrected chi connectivity index (χ4v) is 1.41. The molecule has 1 unspecified atom stereocenters. The van der Waals surface area contributed by atoms with Crippen LogP contribution in [0.4, 0.5) is 22.0 Å². The van der Waals surface area contributed by atoms with Gasteiger partial charge in [-0.05, 0) is 18.2 Å². The first-order chi connectivity index (χ1) is 6.79. The van der Waals surface area contributed by atoms with Gasteiger partial charge in [0.2, 0.25) is 0 Å². The monoisotopic (exact) mass is 244 g/mol. The van der Waals surface area contributed by atoms with Crippen LogP contribution in [0.5, 0.6) is 0 Å². The molecule has 0 heterocycles. The predicted molar refractivity (Wildman–Crippen MR) is 45.6 cm³/mol. The fourth-order valence-electron chi connectivity index (χ4n) is 1.07. The van der Waals surface area contributed by atoms with Gasteiger partial charge in [0.15, 0.2) is 0 Å². The number of hydrogen-bond donors (Lipinski definition) is 0. The minimum absolute atomic E-state index is 0.478. The summed E-state index contributed by atoms with van der Waals surface area (Å²) in [7, 11) is 0. The minimum Gasteiger partial charge on any atom is -0.207 e. The van der Waals surface area contributed by atoms with E-state index in [1.165, 1.54) is 0 Å². The molecule has 0 N–H and O–H groups in total. The van der Waals surface area contributed by atoms with Gasteiger partial charge in [0.05, 0.1) is 11.8 Å². The van der Waals surface area contributed by atoms with Gasteiger partial charge in [-0.3, -0.25) is 0 Å². The van der Waals surface area contributed by atoms with E-state index in [1.54, 1.807) is 0 Å². The first-order valence-electron chi connectivity index (χ1n) is 3.95. The SMILES string of the molecule is Fc1ccc(F)c(C(Cl)CC(F)(F)F)c1. The summed E-state index contributed by atoms with van der Waals surface area (Å²) in [6.45, 7) is 0. The molecule has 0 nitrogen and oxygen atoms in total. The fraction of sp³-hybridized carbons (Fsp3) is 0.333. The Morgan fingerprint density at radius 3 is 2.33 bits per heavy atom. The maximum absolute atomic E-state index is 13.0. The van der Waals surface area contributed by atoms with Gasteiger partial charge >= 0.3 is 6.18 Å². The number of hydrogen-bond acceptors (Lipinski definition) is 0. The molecular weight excluding hydrogens is 239 g/mol. The molecule has 1 aromatic rings. The Kier molecular flexibility index (Phi) is 3.54. The average molecular weight is 245 g/mol. The van der Waals surface area contributed by atoms with Gasteiger partial charge < -0.3 is 0 Å². The molecule has 0 aliphatic rings. The zero-order valence-corrected chi connectivity index (χ0v) is 8.04. The van der Waals surface area contributed by atoms with Gasteiger partial charge in [-0.1, -0.05) is 0 Å². The Balaban J connectivity index is 2.90. The van der Waals surface area contributed by atoms with Gasteiger partial charge in [-0.15, -0.1) is 11.6 Å². The lowest BCUT2D eigenvalue weighted by Gasteiger charge is -2.13. The predicted octanol–water partition coefficient (Wildman–Crippen LogP) is 4.20. The van der Waals surface area contributed by atoms with Crippen LogP contribution in [0, 0.1) is 11.6 Å². The number of rotatable bonds is 2. The molecule has 1 rings (SSSR count). The molecule has 0 spiro atoms. The molecule has 0 saturated heterocycles. The van der Waals surface area contributed by atoms with Gasteiger partial charge in [0.1, 0.15) is 11.6 Å². The van der Waals surface area contributed by atoms with E-state index in [0.29, 0.717) is 6.07 Å². The van der Waals surface area contributed by atoms with Crippen LogP contribution in [0.25, 0.3) is 0 Å². The van der Waals surface area contributed by atoms with Crippen LogP contribution in [0.3, 0.4) is 0 Å². The second-order valence-corrected chi connectivity index (χ2v) is 3.48. The van der Waals surface area contributed by atoms with Gasteiger partial charge in [0.25, 0.3) is 0 Å². The van der Waals surface area contributed by atoms with E-state index in [-0.39, 0.29) is 0 Å². The first-order valence-corrected chi connectivity index (χ1v) is 4.39. The average Bonchev–Trinajstić information content (AvgIpc) is 2.06. The van der Waals surface area contributed by atoms with Crippen LogP contribution in [-0.2, 0) is 0 Å². The first kappa shape index (κ1) is 12.2. The van der Waals surface area contributed by atoms with Crippen molar-refractivity contribution in [1.29, 1.82) is 0 Å². The molecule has 0 aromatic heterocycles. The molecule has 0 saturated carbocycles. The van der Waals surface area contributed by atoms with E-state index >= 15 is 0 Å². The van der Waals surface area contributed by atoms with Crippen LogP contribution in [-0.4, -0.2) is 6.18 Å². The number of benzene rings is 1. The Labute approximate surface area is 87.7 Å². The summed E-state index contributed by atoms with van der Waals surface area (Å²) >= 11 is 5.34. The van der Waals surface area contributed by atoms with Crippen molar-refractivity contribution in [2.45, 2.75) is 18.0 Å². The van der Waals surface area contributed by atoms with Crippen molar-refractivity contribution in [3.8, 4) is 0 Å². The maximum Gasteiger partial charge on any atom is 0.390 e. The summed E-state index contributed by atoms with van der Waals surface area (Å²) in [6, 6.07) is 2.23. The Bertz CT molecular complexity index is 347. The van der Waals surface area contributed by atoms with E-state index in [9.17, 15) is 22.0 Å². The molecule has 0 bridgehead atoms. The molecule has 15 heavy (non-hydrogen) atoms. The summed E-state index contributed by atoms with van der Waals surface area (Å²) in [4.78, 5) is 0. The summed E-state index contributed by atoms with van der Waals surface area (Å²) in [6.07, 6.45) is -5.90. The van der Waals surface area contributed by atoms with Crippen LogP contribution < -0.4 is 0 Å². The molecule has 1 atom stereocenters. The molecule has 0 amide bonds. The zero-order valence-electron chi connectivity index (χ0n) is 7.28. The molecule has 6 heteroatoms. The van der Waals surface area contributed by atoms with Crippen molar-refractivity contribution in [2.24, 2.45) is 0 Å². The van der Waals surface area contributed by atoms with Crippen LogP contribution >= 0.6 is 11.6 Å². The molecule has 1 aromatic carbocycles. The number of halogens is 6. The third kappa shape index (κ3) is 3.66. The van der Waals surface area contributed by atoms with E-state index in [1.807, 2.05) is 0 Å². The quantitative estimate of drug-likeness (QED) is 0.540. The van der Waals surface area contributed by atoms with Crippen LogP contribution in [0.1, 0.15) is 17.4 Å². The topological polar surface area (TPSA) is 0 Å². The molecular formula is C9H6ClF5. The summed E-state index contributed by atoms with van der Waals surface area (Å²) in [5, 5.41) is -1.61. The molecule has 0 radical (unpaired) electrons. The highest BCUT2D eigenvalue weighted by Gasteiger charge is 2.32. The second kappa shape index (κ2) is 4.35. The second-order valence-electron chi connectivity index (χ2n) is 2.95. The normalized spacial score (nSPS) is 14.0. The highest BCUT2D eigenvalue weighted by molar-refractivity contribution is 6.20. The summed E-state index contributed by atoms with van der Waals surface area (Å²) in [5.74, 6) is -1.76. The lowest BCUT2D eigenvalue weighted by molar-refractivity contribution is -0.134. The molecule has 0 fully saturated rings. The smallest absolute Gasteiger partial charge is 0.207 e. The van der Waals surface area contributed by atoms with E-state index in [0.717, 1.165) is 12.1 Å². The van der Waals surface area contributed by atoms with Gasteiger partial charge in [0, 0.05) is 5.56 Å². The van der Waals surface area contributed by atoms with Crippen molar-refractivity contribution >= 4 is 11.6 Å². The lowest BCUT2D eigenvalue weighted by Crippen LogP contribution is -2.11. The van der Waals surface area contributed by atoms with Crippen molar-refractivity contribution < 1.29 is 22.0 Å². The van der Waals surface area contributed by atoms with Crippen LogP contribution in [0.2, 0.25) is 0 Å². The maximum atomic E-state index is 13.0. The Morgan fingerprint density at radius 1 is 1.20 bits per heavy atom. The lowest BCUT2D eigenvalue weighted by atomic mass is 10.1. The number of alkyl halides is 4. The van der Waals surface area contributed by atoms with Crippen molar-refractivity contribution in [3.63, 3.8) is 0 Å². The third-order valence-corrected chi connectivity index (χ3v) is 2.10. The van der Waals surface area contributed by atoms with E-state index in [2.05, 4.69) is 0 Å². The van der Waals surface area contributed by atoms with Gasteiger partial charge in [-0.25, -0.2) is 8.78 Å². The third-order valence-electron chi connectivity index (χ3n) is 1.71. The highest BCUT2D eigenvalue weighted by Crippen LogP contribution is 2.35. The van der Waals surface area contributed by atoms with Crippen molar-refractivity contribution in [3.05, 3.63) is 35.4 Å². The van der Waals surface area contributed by atoms with E-state index < -0.39 is 35.2 Å². The molecule has 84 valence electrons. The Morgan fingerprint density at radius 2 is 1.80 bits per heavy atom. The van der Waals surface area contributed by atoms with Crippen LogP contribution in [0.15, 0.2) is 18.2 Å². The van der Waals surface area contributed by atoms with Crippen molar-refractivity contribution in [2.75, 3.05) is 0 Å². The largest absolute Gasteiger partial charge is 0.390 e. The van der Waals surface area contributed by atoms with Crippen molar-refractivity contribution in [1.82, 2.24) is 0 Å². The minimum atomic E-state index is -4.51. The van der Waals surface area contributed by atoms with E-state index in [4.69, 9.17) is 11.6 Å². The molecule has 0 aliphatic heterocycles.